The first-order valence-corrected chi connectivity index (χ1v) is 6.96. The molecule has 0 atom stereocenters. The number of nitrogens with two attached hydrogens (primary N) is 1. The van der Waals surface area contributed by atoms with Crippen molar-refractivity contribution < 1.29 is 10.0 Å². The zero-order valence-electron chi connectivity index (χ0n) is 11.3. The molecule has 0 bridgehead atoms. The Balaban J connectivity index is 2.26. The number of carbonyl (C=O) groups excluding carboxylic acids is 1. The lowest BCUT2D eigenvalue weighted by atomic mass is 10.1. The summed E-state index contributed by atoms with van der Waals surface area (Å²) in [5.41, 5.74) is 8.15. The van der Waals surface area contributed by atoms with Crippen LogP contribution < -0.4 is 11.1 Å². The van der Waals surface area contributed by atoms with Gasteiger partial charge in [0, 0.05) is 15.6 Å². The zero-order chi connectivity index (χ0) is 15.4. The fourth-order valence-electron chi connectivity index (χ4n) is 1.81. The van der Waals surface area contributed by atoms with Crippen LogP contribution in [0.2, 0.25) is 0 Å². The maximum Gasteiger partial charge on any atom is 0.255 e. The Morgan fingerprint density at radius 2 is 1.95 bits per heavy atom. The molecule has 21 heavy (non-hydrogen) atoms. The van der Waals surface area contributed by atoms with Gasteiger partial charge in [-0.25, -0.2) is 0 Å². The largest absolute Gasteiger partial charge is 0.409 e. The van der Waals surface area contributed by atoms with Gasteiger partial charge in [-0.2, -0.15) is 0 Å². The first-order valence-electron chi connectivity index (χ1n) is 6.16. The second-order valence-corrected chi connectivity index (χ2v) is 5.36. The van der Waals surface area contributed by atoms with Crippen molar-refractivity contribution in [3.8, 4) is 0 Å². The number of amidine groups is 1. The summed E-state index contributed by atoms with van der Waals surface area (Å²) in [5, 5.41) is 14.4. The fraction of sp³-hybridized carbons (Fsp3) is 0.0667. The number of halogens is 1. The highest BCUT2D eigenvalue weighted by molar-refractivity contribution is 9.10. The number of amides is 1. The number of nitrogens with zero attached hydrogens (tertiary/aromatic N) is 1. The van der Waals surface area contributed by atoms with Crippen LogP contribution in [0.15, 0.2) is 52.1 Å². The van der Waals surface area contributed by atoms with Crippen LogP contribution >= 0.6 is 15.9 Å². The third-order valence-corrected chi connectivity index (χ3v) is 3.59. The van der Waals surface area contributed by atoms with Crippen molar-refractivity contribution in [2.45, 2.75) is 6.92 Å². The molecule has 108 valence electrons. The number of anilines is 1. The maximum absolute atomic E-state index is 12.3. The van der Waals surface area contributed by atoms with Crippen molar-refractivity contribution in [2.24, 2.45) is 10.9 Å². The van der Waals surface area contributed by atoms with Crippen LogP contribution in [0.25, 0.3) is 0 Å². The smallest absolute Gasteiger partial charge is 0.255 e. The lowest BCUT2D eigenvalue weighted by Crippen LogP contribution is -2.16. The van der Waals surface area contributed by atoms with Crippen molar-refractivity contribution >= 4 is 33.4 Å². The Kier molecular flexibility index (Phi) is 4.59. The maximum atomic E-state index is 12.3. The molecule has 0 aliphatic rings. The third-order valence-electron chi connectivity index (χ3n) is 2.90. The molecule has 0 aromatic heterocycles. The van der Waals surface area contributed by atoms with Crippen LogP contribution in [0, 0.1) is 6.92 Å². The summed E-state index contributed by atoms with van der Waals surface area (Å²) in [5.74, 6) is -0.310. The van der Waals surface area contributed by atoms with Gasteiger partial charge in [-0.3, -0.25) is 4.79 Å². The zero-order valence-corrected chi connectivity index (χ0v) is 12.9. The van der Waals surface area contributed by atoms with E-state index in [0.29, 0.717) is 16.8 Å². The molecule has 0 unspecified atom stereocenters. The van der Waals surface area contributed by atoms with Crippen molar-refractivity contribution in [2.75, 3.05) is 5.32 Å². The van der Waals surface area contributed by atoms with Crippen LogP contribution in [0.4, 0.5) is 5.69 Å². The van der Waals surface area contributed by atoms with E-state index in [4.69, 9.17) is 10.9 Å². The van der Waals surface area contributed by atoms with E-state index >= 15 is 0 Å². The summed E-state index contributed by atoms with van der Waals surface area (Å²) in [7, 11) is 0. The van der Waals surface area contributed by atoms with Gasteiger partial charge < -0.3 is 16.3 Å². The Bertz CT molecular complexity index is 714. The van der Waals surface area contributed by atoms with Gasteiger partial charge in [0.2, 0.25) is 0 Å². The molecule has 4 N–H and O–H groups in total. The quantitative estimate of drug-likeness (QED) is 0.345. The predicted octanol–water partition coefficient (Wildman–Crippen LogP) is 3.10. The number of oxime groups is 1. The van der Waals surface area contributed by atoms with Crippen LogP contribution in [0.5, 0.6) is 0 Å². The predicted molar refractivity (Wildman–Crippen MR) is 85.8 cm³/mol. The first-order chi connectivity index (χ1) is 10.0. The molecule has 1 amide bonds. The molecule has 6 heteroatoms. The van der Waals surface area contributed by atoms with Gasteiger partial charge >= 0.3 is 0 Å². The average molecular weight is 348 g/mol. The standard InChI is InChI=1S/C15H14BrN3O2/c1-9-5-6-12(16)13(7-9)18-15(20)11-4-2-3-10(8-11)14(17)19-21/h2-8,21H,1H3,(H2,17,19)(H,18,20). The van der Waals surface area contributed by atoms with Gasteiger partial charge in [0.25, 0.3) is 5.91 Å². The molecular weight excluding hydrogens is 334 g/mol. The van der Waals surface area contributed by atoms with Gasteiger partial charge in [0.1, 0.15) is 0 Å². The van der Waals surface area contributed by atoms with Crippen molar-refractivity contribution in [3.05, 3.63) is 63.6 Å². The highest BCUT2D eigenvalue weighted by Crippen LogP contribution is 2.24. The monoisotopic (exact) mass is 347 g/mol. The summed E-state index contributed by atoms with van der Waals surface area (Å²) in [6.07, 6.45) is 0. The second kappa shape index (κ2) is 6.41. The van der Waals surface area contributed by atoms with Gasteiger partial charge in [-0.05, 0) is 52.7 Å². The van der Waals surface area contributed by atoms with Gasteiger partial charge in [0.15, 0.2) is 5.84 Å². The lowest BCUT2D eigenvalue weighted by molar-refractivity contribution is 0.102. The summed E-state index contributed by atoms with van der Waals surface area (Å²) in [6.45, 7) is 1.95. The number of hydrogen-bond acceptors (Lipinski definition) is 3. The van der Waals surface area contributed by atoms with E-state index in [1.165, 1.54) is 0 Å². The molecular formula is C15H14BrN3O2. The minimum absolute atomic E-state index is 0.0404. The lowest BCUT2D eigenvalue weighted by Gasteiger charge is -2.09. The van der Waals surface area contributed by atoms with E-state index in [9.17, 15) is 4.79 Å². The number of hydrogen-bond donors (Lipinski definition) is 3. The number of benzene rings is 2. The summed E-state index contributed by atoms with van der Waals surface area (Å²) < 4.78 is 0.800. The fourth-order valence-corrected chi connectivity index (χ4v) is 2.15. The Morgan fingerprint density at radius 3 is 2.67 bits per heavy atom. The third kappa shape index (κ3) is 3.61. The molecule has 0 fully saturated rings. The Morgan fingerprint density at radius 1 is 1.24 bits per heavy atom. The van der Waals surface area contributed by atoms with Crippen LogP contribution in [-0.4, -0.2) is 17.0 Å². The molecule has 2 aromatic carbocycles. The summed E-state index contributed by atoms with van der Waals surface area (Å²) >= 11 is 3.39. The molecule has 0 radical (unpaired) electrons. The molecule has 0 aliphatic heterocycles. The topological polar surface area (TPSA) is 87.7 Å². The number of nitrogens with one attached hydrogen (secondary N) is 1. The van der Waals surface area contributed by atoms with Crippen LogP contribution in [-0.2, 0) is 0 Å². The number of aryl methyl sites for hydroxylation is 1. The Hall–Kier alpha value is -2.34. The molecule has 0 spiro atoms. The molecule has 0 saturated carbocycles. The molecule has 0 aliphatic carbocycles. The Labute approximate surface area is 130 Å². The van der Waals surface area contributed by atoms with Gasteiger partial charge in [-0.1, -0.05) is 23.4 Å². The summed E-state index contributed by atoms with van der Waals surface area (Å²) in [4.78, 5) is 12.3. The molecule has 2 aromatic rings. The molecule has 0 saturated heterocycles. The van der Waals surface area contributed by atoms with Crippen molar-refractivity contribution in [1.82, 2.24) is 0 Å². The van der Waals surface area contributed by atoms with E-state index in [-0.39, 0.29) is 11.7 Å². The number of carbonyl (C=O) groups is 1. The molecule has 5 nitrogen and oxygen atoms in total. The van der Waals surface area contributed by atoms with Gasteiger partial charge in [-0.15, -0.1) is 0 Å². The highest BCUT2D eigenvalue weighted by atomic mass is 79.9. The summed E-state index contributed by atoms with van der Waals surface area (Å²) in [6, 6.07) is 12.2. The van der Waals surface area contributed by atoms with E-state index in [0.717, 1.165) is 10.0 Å². The van der Waals surface area contributed by atoms with Crippen molar-refractivity contribution in [3.63, 3.8) is 0 Å². The number of rotatable bonds is 3. The van der Waals surface area contributed by atoms with E-state index in [2.05, 4.69) is 26.4 Å². The molecule has 0 heterocycles. The van der Waals surface area contributed by atoms with E-state index in [1.807, 2.05) is 25.1 Å². The van der Waals surface area contributed by atoms with Gasteiger partial charge in [0.05, 0.1) is 5.69 Å². The first kappa shape index (κ1) is 15.1. The van der Waals surface area contributed by atoms with E-state index < -0.39 is 0 Å². The minimum Gasteiger partial charge on any atom is -0.409 e. The normalized spacial score (nSPS) is 11.2. The van der Waals surface area contributed by atoms with E-state index in [1.54, 1.807) is 24.3 Å². The van der Waals surface area contributed by atoms with Crippen LogP contribution in [0.1, 0.15) is 21.5 Å². The highest BCUT2D eigenvalue weighted by Gasteiger charge is 2.10. The second-order valence-electron chi connectivity index (χ2n) is 4.50. The minimum atomic E-state index is -0.270. The van der Waals surface area contributed by atoms with Crippen LogP contribution in [0.3, 0.4) is 0 Å². The average Bonchev–Trinajstić information content (AvgIpc) is 2.50. The molecule has 2 rings (SSSR count). The SMILES string of the molecule is Cc1ccc(Br)c(NC(=O)c2cccc(/C(N)=N/O)c2)c1. The van der Waals surface area contributed by atoms with Crippen molar-refractivity contribution in [1.29, 1.82) is 0 Å².